The highest BCUT2D eigenvalue weighted by Crippen LogP contribution is 2.41. The molecule has 7 nitrogen and oxygen atoms in total. The van der Waals surface area contributed by atoms with E-state index in [1.54, 1.807) is 4.68 Å². The van der Waals surface area contributed by atoms with Crippen LogP contribution in [0, 0.1) is 17.5 Å². The Balaban J connectivity index is 1.45. The van der Waals surface area contributed by atoms with E-state index < -0.39 is 52.9 Å². The predicted octanol–water partition coefficient (Wildman–Crippen LogP) is 4.47. The van der Waals surface area contributed by atoms with E-state index in [0.29, 0.717) is 24.2 Å². The van der Waals surface area contributed by atoms with Gasteiger partial charge in [0.15, 0.2) is 0 Å². The van der Waals surface area contributed by atoms with Gasteiger partial charge < -0.3 is 15.8 Å². The summed E-state index contributed by atoms with van der Waals surface area (Å²) < 4.78 is 64.5. The zero-order chi connectivity index (χ0) is 24.7. The molecule has 3 N–H and O–H groups in total. The number of nitrogens with zero attached hydrogens (tertiary/aromatic N) is 3. The van der Waals surface area contributed by atoms with Crippen molar-refractivity contribution < 1.29 is 27.1 Å². The van der Waals surface area contributed by atoms with Crippen LogP contribution in [0.3, 0.4) is 0 Å². The van der Waals surface area contributed by atoms with Crippen LogP contribution in [0.1, 0.15) is 54.0 Å². The highest BCUT2D eigenvalue weighted by atomic mass is 19.1. The van der Waals surface area contributed by atoms with Crippen LogP contribution >= 0.6 is 0 Å². The molecule has 0 spiro atoms. The molecule has 0 radical (unpaired) electrons. The number of nitrogens with two attached hydrogens (primary N) is 1. The van der Waals surface area contributed by atoms with Gasteiger partial charge in [0.1, 0.15) is 41.1 Å². The van der Waals surface area contributed by atoms with Gasteiger partial charge in [-0.3, -0.25) is 9.48 Å². The lowest BCUT2D eigenvalue weighted by Crippen LogP contribution is -2.32. The number of rotatable bonds is 5. The highest BCUT2D eigenvalue weighted by Gasteiger charge is 2.35. The number of ether oxygens (including phenoxy) is 1. The quantitative estimate of drug-likeness (QED) is 0.516. The van der Waals surface area contributed by atoms with Crippen molar-refractivity contribution in [2.24, 2.45) is 5.73 Å². The summed E-state index contributed by atoms with van der Waals surface area (Å²) in [6.07, 6.45) is 2.29. The first kappa shape index (κ1) is 23.4. The van der Waals surface area contributed by atoms with Crippen molar-refractivity contribution in [3.05, 3.63) is 65.4 Å². The smallest absolute Gasteiger partial charge is 0.274 e. The Kier molecular flexibility index (Phi) is 6.28. The topological polar surface area (TPSA) is 95.1 Å². The fourth-order valence-corrected chi connectivity index (χ4v) is 4.21. The predicted molar refractivity (Wildman–Crippen MR) is 119 cm³/mol. The summed E-state index contributed by atoms with van der Waals surface area (Å²) in [4.78, 5) is 16.9. The van der Waals surface area contributed by atoms with Crippen LogP contribution in [-0.4, -0.2) is 39.5 Å². The van der Waals surface area contributed by atoms with Crippen LogP contribution in [0.25, 0.3) is 11.3 Å². The number of hydrogen-bond acceptors (Lipinski definition) is 5. The van der Waals surface area contributed by atoms with Crippen molar-refractivity contribution >= 4 is 11.6 Å². The number of nitrogens with one attached hydrogen (secondary N) is 1. The van der Waals surface area contributed by atoms with E-state index in [2.05, 4.69) is 15.4 Å². The average Bonchev–Trinajstić information content (AvgIpc) is 3.62. The van der Waals surface area contributed by atoms with Crippen LogP contribution in [0.4, 0.5) is 23.2 Å². The molecule has 184 valence electrons. The molecule has 1 aromatic carbocycles. The molecule has 35 heavy (non-hydrogen) atoms. The molecule has 0 bridgehead atoms. The molecule has 1 saturated carbocycles. The molecule has 1 aliphatic heterocycles. The molecule has 3 heterocycles. The van der Waals surface area contributed by atoms with Crippen LogP contribution in [-0.2, 0) is 4.74 Å². The molecule has 1 amide bonds. The second-order valence-corrected chi connectivity index (χ2v) is 8.78. The fraction of sp³-hybridized carbons (Fsp3) is 0.375. The minimum atomic E-state index is -1.30. The zero-order valence-electron chi connectivity index (χ0n) is 18.6. The molecular weight excluding hydrogens is 466 g/mol. The van der Waals surface area contributed by atoms with Crippen molar-refractivity contribution in [1.82, 2.24) is 14.8 Å². The van der Waals surface area contributed by atoms with E-state index in [-0.39, 0.29) is 18.3 Å². The third kappa shape index (κ3) is 4.65. The van der Waals surface area contributed by atoms with Gasteiger partial charge in [0.2, 0.25) is 0 Å². The van der Waals surface area contributed by atoms with Gasteiger partial charge in [0, 0.05) is 6.04 Å². The molecule has 1 saturated heterocycles. The van der Waals surface area contributed by atoms with Crippen molar-refractivity contribution in [2.45, 2.75) is 50.0 Å². The van der Waals surface area contributed by atoms with Crippen LogP contribution in [0.5, 0.6) is 0 Å². The number of carbonyl (C=O) groups is 1. The van der Waals surface area contributed by atoms with E-state index >= 15 is 0 Å². The molecule has 2 fully saturated rings. The minimum Gasteiger partial charge on any atom is -0.369 e. The third-order valence-corrected chi connectivity index (χ3v) is 6.24. The van der Waals surface area contributed by atoms with E-state index in [1.165, 1.54) is 6.20 Å². The normalized spacial score (nSPS) is 22.6. The first-order valence-electron chi connectivity index (χ1n) is 11.3. The summed E-state index contributed by atoms with van der Waals surface area (Å²) in [6, 6.07) is 4.65. The number of hydrogen-bond donors (Lipinski definition) is 2. The van der Waals surface area contributed by atoms with Gasteiger partial charge in [-0.05, 0) is 49.9 Å². The van der Waals surface area contributed by atoms with Gasteiger partial charge in [-0.15, -0.1) is 0 Å². The fourth-order valence-electron chi connectivity index (χ4n) is 4.21. The maximum absolute atomic E-state index is 14.4. The second kappa shape index (κ2) is 9.38. The Morgan fingerprint density at radius 1 is 1.06 bits per heavy atom. The standard InChI is InChI=1S/C24H23F4N5O2/c25-13-2-1-3-14(26)21(13)22-15(27)6-8-18(31-22)24(34)32-19-10-30-33(12-4-5-12)23(19)20-9-7-17(29)16(28)11-35-20/h1-3,6,8,10,12,16-17,20H,4-5,7,9,11,29H2,(H,32,34)/t16-,17-,20+/m0/s1. The van der Waals surface area contributed by atoms with Gasteiger partial charge in [-0.2, -0.15) is 5.10 Å². The van der Waals surface area contributed by atoms with E-state index in [9.17, 15) is 22.4 Å². The molecule has 2 aromatic heterocycles. The Bertz CT molecular complexity index is 1230. The monoisotopic (exact) mass is 489 g/mol. The molecule has 3 aromatic rings. The molecule has 2 aliphatic rings. The van der Waals surface area contributed by atoms with Gasteiger partial charge in [-0.1, -0.05) is 6.07 Å². The first-order chi connectivity index (χ1) is 16.8. The zero-order valence-corrected chi connectivity index (χ0v) is 18.6. The molecule has 1 aliphatic carbocycles. The summed E-state index contributed by atoms with van der Waals surface area (Å²) in [6.45, 7) is -0.174. The summed E-state index contributed by atoms with van der Waals surface area (Å²) in [5, 5.41) is 7.09. The third-order valence-electron chi connectivity index (χ3n) is 6.24. The van der Waals surface area contributed by atoms with Crippen molar-refractivity contribution in [2.75, 3.05) is 11.9 Å². The van der Waals surface area contributed by atoms with Gasteiger partial charge in [0.25, 0.3) is 5.91 Å². The number of halogens is 4. The Labute approximate surface area is 198 Å². The van der Waals surface area contributed by atoms with E-state index in [0.717, 1.165) is 43.2 Å². The first-order valence-corrected chi connectivity index (χ1v) is 11.3. The van der Waals surface area contributed by atoms with Gasteiger partial charge in [0.05, 0.1) is 35.8 Å². The maximum atomic E-state index is 14.4. The van der Waals surface area contributed by atoms with Crippen molar-refractivity contribution in [3.8, 4) is 11.3 Å². The Morgan fingerprint density at radius 2 is 1.80 bits per heavy atom. The lowest BCUT2D eigenvalue weighted by molar-refractivity contribution is 0.0241. The summed E-state index contributed by atoms with van der Waals surface area (Å²) >= 11 is 0. The summed E-state index contributed by atoms with van der Waals surface area (Å²) in [7, 11) is 0. The summed E-state index contributed by atoms with van der Waals surface area (Å²) in [5.74, 6) is -3.71. The van der Waals surface area contributed by atoms with Crippen molar-refractivity contribution in [3.63, 3.8) is 0 Å². The lowest BCUT2D eigenvalue weighted by Gasteiger charge is -2.19. The van der Waals surface area contributed by atoms with E-state index in [4.69, 9.17) is 10.5 Å². The van der Waals surface area contributed by atoms with Crippen LogP contribution in [0.2, 0.25) is 0 Å². The SMILES string of the molecule is N[C@H]1CC[C@H](c2c(NC(=O)c3ccc(F)c(-c4c(F)cccc4F)n3)cnn2C2CC2)OC[C@@H]1F. The van der Waals surface area contributed by atoms with Crippen LogP contribution < -0.4 is 11.1 Å². The maximum Gasteiger partial charge on any atom is 0.274 e. The Hall–Kier alpha value is -3.31. The van der Waals surface area contributed by atoms with Crippen molar-refractivity contribution in [1.29, 1.82) is 0 Å². The van der Waals surface area contributed by atoms with Crippen LogP contribution in [0.15, 0.2) is 36.5 Å². The van der Waals surface area contributed by atoms with Gasteiger partial charge >= 0.3 is 0 Å². The molecule has 5 rings (SSSR count). The molecular formula is C24H23F4N5O2. The number of carbonyl (C=O) groups excluding carboxylic acids is 1. The second-order valence-electron chi connectivity index (χ2n) is 8.78. The van der Waals surface area contributed by atoms with E-state index in [1.807, 2.05) is 0 Å². The number of alkyl halides is 1. The number of aromatic nitrogens is 3. The number of pyridine rings is 1. The molecule has 0 unspecified atom stereocenters. The largest absolute Gasteiger partial charge is 0.369 e. The minimum absolute atomic E-state index is 0.150. The number of anilines is 1. The highest BCUT2D eigenvalue weighted by molar-refractivity contribution is 6.03. The van der Waals surface area contributed by atoms with Gasteiger partial charge in [-0.25, -0.2) is 22.5 Å². The molecule has 3 atom stereocenters. The Morgan fingerprint density at radius 3 is 2.51 bits per heavy atom. The number of amides is 1. The average molecular weight is 489 g/mol. The lowest BCUT2D eigenvalue weighted by atomic mass is 10.0. The number of benzene rings is 1. The molecule has 11 heteroatoms. The summed E-state index contributed by atoms with van der Waals surface area (Å²) in [5.41, 5.74) is 5.25.